The fraction of sp³-hybridized carbons (Fsp3) is 0.514. The van der Waals surface area contributed by atoms with Gasteiger partial charge in [0.05, 0.1) is 25.1 Å². The highest BCUT2D eigenvalue weighted by Crippen LogP contribution is 2.35. The fourth-order valence-corrected chi connectivity index (χ4v) is 4.97. The van der Waals surface area contributed by atoms with Crippen molar-refractivity contribution >= 4 is 11.4 Å². The van der Waals surface area contributed by atoms with E-state index in [1.165, 1.54) is 61.6 Å². The molecule has 0 radical (unpaired) electrons. The number of azo groups is 1. The lowest BCUT2D eigenvalue weighted by Gasteiger charge is -2.15. The second-order valence-corrected chi connectivity index (χ2v) is 10.8. The minimum absolute atomic E-state index is 0.346. The van der Waals surface area contributed by atoms with E-state index < -0.39 is 0 Å². The van der Waals surface area contributed by atoms with Gasteiger partial charge in [-0.25, -0.2) is 4.98 Å². The van der Waals surface area contributed by atoms with E-state index in [2.05, 4.69) is 63.9 Å². The zero-order valence-electron chi connectivity index (χ0n) is 25.6. The summed E-state index contributed by atoms with van der Waals surface area (Å²) < 4.78 is 11.4. The summed E-state index contributed by atoms with van der Waals surface area (Å²) in [5.41, 5.74) is 7.59. The van der Waals surface area contributed by atoms with Gasteiger partial charge in [-0.3, -0.25) is 0 Å². The van der Waals surface area contributed by atoms with E-state index in [1.807, 2.05) is 24.4 Å². The number of unbranched alkanes of at least 4 members (excludes halogenated alkanes) is 7. The summed E-state index contributed by atoms with van der Waals surface area (Å²) in [6, 6.07) is 14.6. The number of rotatable bonds is 17. The molecule has 5 nitrogen and oxygen atoms in total. The first kappa shape index (κ1) is 31.3. The Bertz CT molecular complexity index is 1180. The van der Waals surface area contributed by atoms with Gasteiger partial charge < -0.3 is 9.47 Å². The second-order valence-electron chi connectivity index (χ2n) is 10.8. The van der Waals surface area contributed by atoms with Crippen LogP contribution in [-0.4, -0.2) is 18.7 Å². The maximum atomic E-state index is 6.22. The monoisotopic (exact) mass is 543 g/mol. The molecule has 5 heteroatoms. The van der Waals surface area contributed by atoms with Gasteiger partial charge >= 0.3 is 0 Å². The number of pyridine rings is 1. The molecule has 1 aromatic heterocycles. The summed E-state index contributed by atoms with van der Waals surface area (Å²) in [5, 5.41) is 9.48. The van der Waals surface area contributed by atoms with E-state index in [0.717, 1.165) is 54.1 Å². The van der Waals surface area contributed by atoms with E-state index in [4.69, 9.17) is 19.7 Å². The number of benzene rings is 2. The van der Waals surface area contributed by atoms with E-state index >= 15 is 0 Å². The number of methoxy groups -OCH3 is 1. The third-order valence-corrected chi connectivity index (χ3v) is 7.44. The van der Waals surface area contributed by atoms with Crippen LogP contribution in [0.25, 0.3) is 11.1 Å². The molecule has 0 aliphatic rings. The molecule has 0 fully saturated rings. The molecule has 0 N–H and O–H groups in total. The van der Waals surface area contributed by atoms with Crippen molar-refractivity contribution in [2.24, 2.45) is 10.2 Å². The van der Waals surface area contributed by atoms with Crippen molar-refractivity contribution in [2.75, 3.05) is 13.7 Å². The Morgan fingerprint density at radius 3 is 2.00 bits per heavy atom. The molecular weight excluding hydrogens is 494 g/mol. The number of nitrogens with zero attached hydrogens (tertiary/aromatic N) is 3. The van der Waals surface area contributed by atoms with Gasteiger partial charge in [-0.05, 0) is 83.8 Å². The molecule has 0 saturated heterocycles. The van der Waals surface area contributed by atoms with Crippen molar-refractivity contribution < 1.29 is 9.47 Å². The normalized spacial score (nSPS) is 11.5. The maximum absolute atomic E-state index is 6.22. The van der Waals surface area contributed by atoms with Gasteiger partial charge in [0, 0.05) is 17.8 Å². The fourth-order valence-electron chi connectivity index (χ4n) is 4.97. The van der Waals surface area contributed by atoms with Crippen molar-refractivity contribution in [2.45, 2.75) is 105 Å². The zero-order chi connectivity index (χ0) is 28.7. The Hall–Kier alpha value is -3.21. The molecule has 0 unspecified atom stereocenters. The van der Waals surface area contributed by atoms with Crippen LogP contribution in [0.4, 0.5) is 11.4 Å². The topological polar surface area (TPSA) is 56.1 Å². The molecule has 0 bridgehead atoms. The Morgan fingerprint density at radius 1 is 0.750 bits per heavy atom. The van der Waals surface area contributed by atoms with Crippen molar-refractivity contribution in [3.63, 3.8) is 0 Å². The first-order valence-electron chi connectivity index (χ1n) is 15.3. The molecule has 40 heavy (non-hydrogen) atoms. The van der Waals surface area contributed by atoms with Crippen molar-refractivity contribution in [3.8, 4) is 22.8 Å². The Labute approximate surface area is 242 Å². The van der Waals surface area contributed by atoms with E-state index in [9.17, 15) is 0 Å². The molecular formula is C35H49N3O2. The summed E-state index contributed by atoms with van der Waals surface area (Å²) in [7, 11) is 1.63. The maximum Gasteiger partial charge on any atom is 0.212 e. The first-order chi connectivity index (χ1) is 19.5. The van der Waals surface area contributed by atoms with Crippen LogP contribution in [-0.2, 0) is 12.8 Å². The average molecular weight is 544 g/mol. The average Bonchev–Trinajstić information content (AvgIpc) is 2.99. The van der Waals surface area contributed by atoms with Crippen LogP contribution in [0.2, 0.25) is 0 Å². The first-order valence-corrected chi connectivity index (χ1v) is 15.3. The van der Waals surface area contributed by atoms with Gasteiger partial charge in [-0.2, -0.15) is 5.11 Å². The predicted molar refractivity (Wildman–Crippen MR) is 168 cm³/mol. The number of ether oxygens (including phenoxy) is 2. The lowest BCUT2D eigenvalue weighted by molar-refractivity contribution is 0.300. The molecule has 1 heterocycles. The Kier molecular flexibility index (Phi) is 13.1. The lowest BCUT2D eigenvalue weighted by atomic mass is 9.96. The molecule has 3 aromatic rings. The van der Waals surface area contributed by atoms with Crippen LogP contribution in [0.15, 0.2) is 58.9 Å². The summed E-state index contributed by atoms with van der Waals surface area (Å²) in [5.74, 6) is 1.93. The highest BCUT2D eigenvalue weighted by atomic mass is 16.5. The zero-order valence-corrected chi connectivity index (χ0v) is 25.6. The molecule has 0 saturated carbocycles. The third kappa shape index (κ3) is 9.18. The van der Waals surface area contributed by atoms with E-state index in [1.54, 1.807) is 7.11 Å². The van der Waals surface area contributed by atoms with Crippen LogP contribution in [0, 0.1) is 0 Å². The number of hydrogen-bond acceptors (Lipinski definition) is 5. The lowest BCUT2D eigenvalue weighted by Crippen LogP contribution is -2.01. The molecule has 3 rings (SSSR count). The third-order valence-electron chi connectivity index (χ3n) is 7.44. The molecule has 0 atom stereocenters. The van der Waals surface area contributed by atoms with Crippen molar-refractivity contribution in [1.82, 2.24) is 4.98 Å². The minimum atomic E-state index is 0.346. The quantitative estimate of drug-likeness (QED) is 0.126. The summed E-state index contributed by atoms with van der Waals surface area (Å²) in [6.45, 7) is 11.8. The number of hydrogen-bond donors (Lipinski definition) is 0. The van der Waals surface area contributed by atoms with Crippen LogP contribution < -0.4 is 9.47 Å². The summed E-state index contributed by atoms with van der Waals surface area (Å²) >= 11 is 0. The Balaban J connectivity index is 1.70. The smallest absolute Gasteiger partial charge is 0.212 e. The molecule has 0 aliphatic heterocycles. The SMILES string of the molecule is CCCCCCCCCCOc1ccc(/N=N/c2c(CC)cc(-c3ccc(OC)nc3)cc2CC)cc1C(C)C. The highest BCUT2D eigenvalue weighted by Gasteiger charge is 2.12. The van der Waals surface area contributed by atoms with Crippen LogP contribution in [0.5, 0.6) is 11.6 Å². The van der Waals surface area contributed by atoms with Crippen molar-refractivity contribution in [3.05, 3.63) is 65.4 Å². The second kappa shape index (κ2) is 16.8. The Morgan fingerprint density at radius 2 is 1.43 bits per heavy atom. The molecule has 2 aromatic carbocycles. The highest BCUT2D eigenvalue weighted by molar-refractivity contribution is 5.70. The van der Waals surface area contributed by atoms with Crippen LogP contribution in [0.1, 0.15) is 109 Å². The summed E-state index contributed by atoms with van der Waals surface area (Å²) in [4.78, 5) is 4.38. The van der Waals surface area contributed by atoms with Crippen LogP contribution >= 0.6 is 0 Å². The molecule has 0 aliphatic carbocycles. The predicted octanol–water partition coefficient (Wildman–Crippen LogP) is 10.9. The van der Waals surface area contributed by atoms with E-state index in [-0.39, 0.29) is 0 Å². The summed E-state index contributed by atoms with van der Waals surface area (Å²) in [6.07, 6.45) is 14.0. The number of aryl methyl sites for hydroxylation is 2. The molecule has 0 amide bonds. The van der Waals surface area contributed by atoms with Crippen LogP contribution in [0.3, 0.4) is 0 Å². The largest absolute Gasteiger partial charge is 0.493 e. The van der Waals surface area contributed by atoms with Gasteiger partial charge in [0.2, 0.25) is 5.88 Å². The van der Waals surface area contributed by atoms with Gasteiger partial charge in [-0.1, -0.05) is 79.6 Å². The van der Waals surface area contributed by atoms with Gasteiger partial charge in [-0.15, -0.1) is 5.11 Å². The minimum Gasteiger partial charge on any atom is -0.493 e. The standard InChI is InChI=1S/C35H49N3O2/c1-7-10-11-12-13-14-15-16-21-40-33-19-18-31(24-32(33)26(4)5)37-38-35-27(8-2)22-30(23-28(35)9-3)29-17-20-34(39-6)36-25-29/h17-20,22-26H,7-16,21H2,1-6H3/b38-37+. The molecule has 216 valence electrons. The van der Waals surface area contributed by atoms with E-state index in [0.29, 0.717) is 11.8 Å². The van der Waals surface area contributed by atoms with Gasteiger partial charge in [0.25, 0.3) is 0 Å². The van der Waals surface area contributed by atoms with Gasteiger partial charge in [0.1, 0.15) is 5.75 Å². The van der Waals surface area contributed by atoms with Crippen molar-refractivity contribution in [1.29, 1.82) is 0 Å². The molecule has 0 spiro atoms. The van der Waals surface area contributed by atoms with Gasteiger partial charge in [0.15, 0.2) is 0 Å². The number of aromatic nitrogens is 1.